The predicted octanol–water partition coefficient (Wildman–Crippen LogP) is -2.78. The number of hydrogen-bond acceptors (Lipinski definition) is 4. The Kier molecular flexibility index (Phi) is 1010. The summed E-state index contributed by atoms with van der Waals surface area (Å²) >= 11 is 0. The fourth-order valence-corrected chi connectivity index (χ4v) is 1.63. The summed E-state index contributed by atoms with van der Waals surface area (Å²) in [6, 6.07) is 22.3. The van der Waals surface area contributed by atoms with Gasteiger partial charge in [0, 0.05) is 193 Å². The molecule has 0 saturated carbocycles. The van der Waals surface area contributed by atoms with E-state index in [9.17, 15) is 0 Å². The van der Waals surface area contributed by atoms with Crippen LogP contribution in [-0.4, -0.2) is 0 Å². The average Bonchev–Trinajstić information content (AvgIpc) is 2.72. The Morgan fingerprint density at radius 1 is 0.194 bits per heavy atom. The Bertz CT molecular complexity index is 782. The molecule has 0 atom stereocenters. The molecule has 12 N–H and O–H groups in total. The minimum Gasteiger partial charge on any atom is -2.00 e. The summed E-state index contributed by atoms with van der Waals surface area (Å²) in [5.74, 6) is 2.79. The molecule has 0 amide bonds. The van der Waals surface area contributed by atoms with E-state index in [1.54, 1.807) is 49.1 Å². The minimum absolute atomic E-state index is 0. The standard InChI is InChI=1S/4C5H6N2.8Mo.26O/c4*6-5-3-1-2-4-7-5;;;;;;;;;;;;;;;;;;;;;;;;;;;;;;;;;;/h4*1-4H,(H2,6,7);;;;;;;;;;;;;;;;;;;;;;;;;;;;;;;;;;/q;;;;;;;;;;;;26*-2/p+4. The summed E-state index contributed by atoms with van der Waals surface area (Å²) in [6.07, 6.45) is 7.15. The van der Waals surface area contributed by atoms with Crippen molar-refractivity contribution in [3.63, 3.8) is 0 Å². The van der Waals surface area contributed by atoms with Crippen molar-refractivity contribution in [3.05, 3.63) is 97.6 Å². The molecule has 0 radical (unpaired) electrons. The number of H-pyrrole nitrogens is 4. The smallest absolute Gasteiger partial charge is 0.269 e. The molecule has 0 fully saturated rings. The van der Waals surface area contributed by atoms with Gasteiger partial charge in [0.15, 0.2) is 0 Å². The van der Waals surface area contributed by atoms with Crippen molar-refractivity contribution in [3.8, 4) is 0 Å². The molecule has 0 saturated heterocycles. The molecule has 0 aliphatic heterocycles. The summed E-state index contributed by atoms with van der Waals surface area (Å²) in [7, 11) is 0. The molecule has 0 aliphatic rings. The third kappa shape index (κ3) is 203. The second-order valence-corrected chi connectivity index (χ2v) is 5.27. The Hall–Kier alpha value is 0.266. The average molecular weight is 1560 g/mol. The van der Waals surface area contributed by atoms with E-state index < -0.39 is 0 Å². The number of anilines is 4. The van der Waals surface area contributed by atoms with Crippen LogP contribution in [0.3, 0.4) is 0 Å². The molecule has 0 bridgehead atoms. The number of aromatic amines is 4. The zero-order valence-electron chi connectivity index (χ0n) is 29.4. The van der Waals surface area contributed by atoms with Crippen molar-refractivity contribution in [2.24, 2.45) is 0 Å². The van der Waals surface area contributed by atoms with Gasteiger partial charge in [-0.3, -0.25) is 22.9 Å². The van der Waals surface area contributed by atoms with Gasteiger partial charge in [-0.2, -0.15) is 0 Å². The Labute approximate surface area is 469 Å². The fourth-order valence-electron chi connectivity index (χ4n) is 1.63. The summed E-state index contributed by atoms with van der Waals surface area (Å²) in [5.41, 5.74) is 21.2. The van der Waals surface area contributed by atoms with Gasteiger partial charge in [-0.05, 0) is 24.3 Å². The SMILES string of the molecule is Nc1cccc[nH+]1.Nc1cccc[nH+]1.Nc1cccc[nH+]1.Nc1cccc[nH+]1.[Mo].[Mo].[Mo].[Mo].[Mo].[Mo].[Mo].[Mo].[O-2].[O-2].[O-2].[O-2].[O-2].[O-2].[O-2].[O-2].[O-2].[O-2].[O-2].[O-2].[O-2].[O-2].[O-2].[O-2].[O-2].[O-2].[O-2].[O-2].[O-2].[O-2].[O-2].[O-2].[O-2].[O-2]. The monoisotopic (exact) mass is 1580 g/mol. The van der Waals surface area contributed by atoms with Crippen LogP contribution in [-0.2, 0) is 311 Å². The van der Waals surface area contributed by atoms with Crippen molar-refractivity contribution in [1.82, 2.24) is 0 Å². The molecule has 62 heavy (non-hydrogen) atoms. The molecule has 0 aliphatic carbocycles. The molecular formula is C20H28Mo8N8O26-48. The van der Waals surface area contributed by atoms with Crippen LogP contribution < -0.4 is 42.9 Å². The molecule has 0 aromatic carbocycles. The van der Waals surface area contributed by atoms with Crippen LogP contribution in [0, 0.1) is 0 Å². The number of aromatic nitrogens is 4. The topological polar surface area (TPSA) is 902 Å². The maximum atomic E-state index is 5.30. The molecule has 4 heterocycles. The van der Waals surface area contributed by atoms with Crippen LogP contribution >= 0.6 is 0 Å². The van der Waals surface area contributed by atoms with Crippen LogP contribution in [0.1, 0.15) is 0 Å². The Morgan fingerprint density at radius 2 is 0.290 bits per heavy atom. The summed E-state index contributed by atoms with van der Waals surface area (Å²) in [6.45, 7) is 0. The Morgan fingerprint density at radius 3 is 0.323 bits per heavy atom. The molecule has 42 heteroatoms. The first-order valence-corrected chi connectivity index (χ1v) is 8.46. The molecular weight excluding hydrogens is 1540 g/mol. The number of hydrogen-bond donors (Lipinski definition) is 4. The number of pyridine rings is 4. The number of nitrogen functional groups attached to an aromatic ring is 4. The first-order chi connectivity index (χ1) is 13.6. The number of nitrogens with two attached hydrogens (primary N) is 4. The molecule has 0 unspecified atom stereocenters. The quantitative estimate of drug-likeness (QED) is 0.136. The normalized spacial score (nSPS) is 3.87. The van der Waals surface area contributed by atoms with Crippen LogP contribution in [0.2, 0.25) is 0 Å². The largest absolute Gasteiger partial charge is 2.00 e. The van der Waals surface area contributed by atoms with Crippen molar-refractivity contribution in [2.75, 3.05) is 22.9 Å². The van der Waals surface area contributed by atoms with Crippen LogP contribution in [0.15, 0.2) is 97.6 Å². The van der Waals surface area contributed by atoms with Crippen molar-refractivity contribution in [1.29, 1.82) is 0 Å². The van der Waals surface area contributed by atoms with Gasteiger partial charge in [0.05, 0.1) is 24.8 Å². The summed E-state index contributed by atoms with van der Waals surface area (Å²) < 4.78 is 0. The molecule has 4 aromatic heterocycles. The number of nitrogens with one attached hydrogen (secondary N) is 4. The van der Waals surface area contributed by atoms with E-state index in [4.69, 9.17) is 22.9 Å². The van der Waals surface area contributed by atoms with Gasteiger partial charge in [-0.15, -0.1) is 0 Å². The van der Waals surface area contributed by atoms with Gasteiger partial charge in [0.1, 0.15) is 0 Å². The van der Waals surface area contributed by atoms with Gasteiger partial charge < -0.3 is 142 Å². The fraction of sp³-hybridized carbons (Fsp3) is 0. The second kappa shape index (κ2) is 214. The van der Waals surface area contributed by atoms with E-state index in [0.717, 1.165) is 0 Å². The van der Waals surface area contributed by atoms with Crippen molar-refractivity contribution in [2.45, 2.75) is 0 Å². The van der Waals surface area contributed by atoms with Gasteiger partial charge in [-0.25, -0.2) is 19.9 Å². The third-order valence-electron chi connectivity index (χ3n) is 2.93. The van der Waals surface area contributed by atoms with Crippen molar-refractivity contribution < 1.29 is 331 Å². The van der Waals surface area contributed by atoms with E-state index in [0.29, 0.717) is 23.3 Å². The molecule has 400 valence electrons. The number of rotatable bonds is 0. The maximum absolute atomic E-state index is 5.30. The van der Waals surface area contributed by atoms with Crippen LogP contribution in [0.25, 0.3) is 0 Å². The first kappa shape index (κ1) is 293. The molecule has 4 aromatic rings. The molecule has 34 nitrogen and oxygen atoms in total. The second-order valence-electron chi connectivity index (χ2n) is 5.27. The van der Waals surface area contributed by atoms with Crippen molar-refractivity contribution >= 4 is 23.3 Å². The van der Waals surface area contributed by atoms with E-state index in [1.165, 1.54) is 0 Å². The maximum Gasteiger partial charge on any atom is 0.269 e. The zero-order valence-corrected chi connectivity index (χ0v) is 45.5. The van der Waals surface area contributed by atoms with Gasteiger partial charge in [0.2, 0.25) is 0 Å². The van der Waals surface area contributed by atoms with E-state index >= 15 is 0 Å². The zero-order chi connectivity index (χ0) is 20.5. The van der Waals surface area contributed by atoms with Gasteiger partial charge >= 0.3 is 0 Å². The first-order valence-electron chi connectivity index (χ1n) is 8.46. The summed E-state index contributed by atoms with van der Waals surface area (Å²) in [4.78, 5) is 11.2. The van der Waals surface area contributed by atoms with E-state index in [1.807, 2.05) is 48.5 Å². The predicted molar refractivity (Wildman–Crippen MR) is 127 cm³/mol. The Balaban J connectivity index is -0.00000000445. The molecule has 0 spiro atoms. The van der Waals surface area contributed by atoms with E-state index in [-0.39, 0.29) is 311 Å². The van der Waals surface area contributed by atoms with E-state index in [2.05, 4.69) is 19.9 Å². The van der Waals surface area contributed by atoms with Crippen LogP contribution in [0.5, 0.6) is 0 Å². The minimum atomic E-state index is 0. The van der Waals surface area contributed by atoms with Crippen LogP contribution in [0.4, 0.5) is 23.3 Å². The summed E-state index contributed by atoms with van der Waals surface area (Å²) in [5, 5.41) is 0. The third-order valence-corrected chi connectivity index (χ3v) is 2.93. The van der Waals surface area contributed by atoms with Gasteiger partial charge in [-0.1, -0.05) is 24.3 Å². The van der Waals surface area contributed by atoms with Gasteiger partial charge in [0.25, 0.3) is 23.3 Å². The molecule has 4 rings (SSSR count).